The maximum Gasteiger partial charge on any atom is 0.127 e. The number of para-hydroxylation sites is 1. The van der Waals surface area contributed by atoms with Gasteiger partial charge in [0, 0.05) is 10.0 Å². The standard InChI is InChI=1S/C17H18BrNO/c1-11-10-13(18)7-8-14(11)16(19)15-6-2-4-12-5-3-9-20-17(12)15/h2,4,6-8,10,16H,3,5,9,19H2,1H3. The molecule has 20 heavy (non-hydrogen) atoms. The van der Waals surface area contributed by atoms with E-state index in [0.717, 1.165) is 40.8 Å². The molecule has 0 saturated heterocycles. The SMILES string of the molecule is Cc1cc(Br)ccc1C(N)c1cccc2c1OCCC2. The zero-order valence-corrected chi connectivity index (χ0v) is 13.1. The van der Waals surface area contributed by atoms with Gasteiger partial charge >= 0.3 is 0 Å². The lowest BCUT2D eigenvalue weighted by molar-refractivity contribution is 0.284. The second kappa shape index (κ2) is 5.58. The maximum absolute atomic E-state index is 6.50. The van der Waals surface area contributed by atoms with Crippen molar-refractivity contribution in [2.24, 2.45) is 5.73 Å². The van der Waals surface area contributed by atoms with Gasteiger partial charge in [-0.3, -0.25) is 0 Å². The Morgan fingerprint density at radius 2 is 2.05 bits per heavy atom. The highest BCUT2D eigenvalue weighted by molar-refractivity contribution is 9.10. The van der Waals surface area contributed by atoms with Crippen molar-refractivity contribution in [2.45, 2.75) is 25.8 Å². The fraction of sp³-hybridized carbons (Fsp3) is 0.294. The minimum atomic E-state index is -0.142. The molecule has 1 aliphatic rings. The zero-order chi connectivity index (χ0) is 14.1. The number of rotatable bonds is 2. The normalized spacial score (nSPS) is 15.3. The van der Waals surface area contributed by atoms with Crippen LogP contribution < -0.4 is 10.5 Å². The molecule has 2 nitrogen and oxygen atoms in total. The molecule has 0 bridgehead atoms. The molecule has 0 aromatic heterocycles. The highest BCUT2D eigenvalue weighted by atomic mass is 79.9. The molecule has 104 valence electrons. The van der Waals surface area contributed by atoms with Gasteiger partial charge in [-0.2, -0.15) is 0 Å². The van der Waals surface area contributed by atoms with Crippen molar-refractivity contribution in [3.05, 3.63) is 63.1 Å². The highest BCUT2D eigenvalue weighted by Crippen LogP contribution is 2.35. The molecule has 2 aromatic carbocycles. The molecule has 1 aliphatic heterocycles. The molecular formula is C17H18BrNO. The van der Waals surface area contributed by atoms with Crippen LogP contribution in [0.15, 0.2) is 40.9 Å². The number of hydrogen-bond donors (Lipinski definition) is 1. The topological polar surface area (TPSA) is 35.2 Å². The highest BCUT2D eigenvalue weighted by Gasteiger charge is 2.20. The molecule has 1 heterocycles. The Morgan fingerprint density at radius 3 is 2.85 bits per heavy atom. The molecule has 3 rings (SSSR count). The van der Waals surface area contributed by atoms with E-state index in [1.54, 1.807) is 0 Å². The molecule has 3 heteroatoms. The Morgan fingerprint density at radius 1 is 1.20 bits per heavy atom. The third-order valence-electron chi connectivity index (χ3n) is 3.87. The first-order valence-corrected chi connectivity index (χ1v) is 7.72. The van der Waals surface area contributed by atoms with Gasteiger partial charge in [0.15, 0.2) is 0 Å². The van der Waals surface area contributed by atoms with Crippen molar-refractivity contribution < 1.29 is 4.74 Å². The molecule has 0 fully saturated rings. The van der Waals surface area contributed by atoms with Crippen LogP contribution in [-0.2, 0) is 6.42 Å². The quantitative estimate of drug-likeness (QED) is 0.897. The fourth-order valence-corrected chi connectivity index (χ4v) is 3.29. The third-order valence-corrected chi connectivity index (χ3v) is 4.36. The largest absolute Gasteiger partial charge is 0.493 e. The molecular weight excluding hydrogens is 314 g/mol. The number of hydrogen-bond acceptors (Lipinski definition) is 2. The van der Waals surface area contributed by atoms with Crippen molar-refractivity contribution in [2.75, 3.05) is 6.61 Å². The van der Waals surface area contributed by atoms with Gasteiger partial charge in [0.2, 0.25) is 0 Å². The van der Waals surface area contributed by atoms with Crippen molar-refractivity contribution in [3.8, 4) is 5.75 Å². The van der Waals surface area contributed by atoms with E-state index in [1.165, 1.54) is 11.1 Å². The summed E-state index contributed by atoms with van der Waals surface area (Å²) < 4.78 is 6.95. The minimum Gasteiger partial charge on any atom is -0.493 e. The summed E-state index contributed by atoms with van der Waals surface area (Å²) >= 11 is 3.50. The Hall–Kier alpha value is -1.32. The van der Waals surface area contributed by atoms with Crippen LogP contribution in [0, 0.1) is 6.92 Å². The van der Waals surface area contributed by atoms with Gasteiger partial charge in [-0.05, 0) is 48.6 Å². The van der Waals surface area contributed by atoms with E-state index in [1.807, 2.05) is 6.07 Å². The zero-order valence-electron chi connectivity index (χ0n) is 11.5. The summed E-state index contributed by atoms with van der Waals surface area (Å²) in [5, 5.41) is 0. The van der Waals surface area contributed by atoms with Crippen LogP contribution in [-0.4, -0.2) is 6.61 Å². The molecule has 0 amide bonds. The van der Waals surface area contributed by atoms with Crippen molar-refractivity contribution in [1.82, 2.24) is 0 Å². The number of benzene rings is 2. The third kappa shape index (κ3) is 2.48. The number of fused-ring (bicyclic) bond motifs is 1. The lowest BCUT2D eigenvalue weighted by atomic mass is 9.92. The summed E-state index contributed by atoms with van der Waals surface area (Å²) in [5.74, 6) is 0.994. The molecule has 0 spiro atoms. The van der Waals surface area contributed by atoms with Gasteiger partial charge in [0.1, 0.15) is 5.75 Å². The van der Waals surface area contributed by atoms with Crippen LogP contribution in [0.5, 0.6) is 5.75 Å². The summed E-state index contributed by atoms with van der Waals surface area (Å²) in [7, 11) is 0. The molecule has 1 atom stereocenters. The molecule has 0 aliphatic carbocycles. The van der Waals surface area contributed by atoms with Gasteiger partial charge in [-0.25, -0.2) is 0 Å². The first-order chi connectivity index (χ1) is 9.66. The van der Waals surface area contributed by atoms with Gasteiger partial charge in [-0.15, -0.1) is 0 Å². The van der Waals surface area contributed by atoms with Crippen LogP contribution in [0.1, 0.15) is 34.7 Å². The van der Waals surface area contributed by atoms with Crippen LogP contribution in [0.2, 0.25) is 0 Å². The minimum absolute atomic E-state index is 0.142. The number of aryl methyl sites for hydroxylation is 2. The Bertz CT molecular complexity index is 639. The van der Waals surface area contributed by atoms with E-state index < -0.39 is 0 Å². The van der Waals surface area contributed by atoms with Crippen LogP contribution in [0.3, 0.4) is 0 Å². The monoisotopic (exact) mass is 331 g/mol. The van der Waals surface area contributed by atoms with Crippen LogP contribution >= 0.6 is 15.9 Å². The molecule has 0 saturated carbocycles. The second-order valence-electron chi connectivity index (χ2n) is 5.27. The van der Waals surface area contributed by atoms with Gasteiger partial charge in [0.05, 0.1) is 12.6 Å². The predicted molar refractivity (Wildman–Crippen MR) is 85.2 cm³/mol. The molecule has 1 unspecified atom stereocenters. The average Bonchev–Trinajstić information content (AvgIpc) is 2.46. The second-order valence-corrected chi connectivity index (χ2v) is 6.18. The molecule has 2 N–H and O–H groups in total. The maximum atomic E-state index is 6.50. The van der Waals surface area contributed by atoms with Crippen molar-refractivity contribution in [1.29, 1.82) is 0 Å². The van der Waals surface area contributed by atoms with Crippen LogP contribution in [0.25, 0.3) is 0 Å². The first kappa shape index (κ1) is 13.7. The molecule has 2 aromatic rings. The fourth-order valence-electron chi connectivity index (χ4n) is 2.81. The lowest BCUT2D eigenvalue weighted by Crippen LogP contribution is -2.18. The predicted octanol–water partition coefficient (Wildman–Crippen LogP) is 4.13. The first-order valence-electron chi connectivity index (χ1n) is 6.93. The summed E-state index contributed by atoms with van der Waals surface area (Å²) in [4.78, 5) is 0. The summed E-state index contributed by atoms with van der Waals surface area (Å²) in [5.41, 5.74) is 11.2. The van der Waals surface area contributed by atoms with E-state index in [0.29, 0.717) is 0 Å². The van der Waals surface area contributed by atoms with E-state index in [2.05, 4.69) is 53.2 Å². The summed E-state index contributed by atoms with van der Waals surface area (Å²) in [6, 6.07) is 12.4. The van der Waals surface area contributed by atoms with E-state index in [-0.39, 0.29) is 6.04 Å². The van der Waals surface area contributed by atoms with E-state index in [9.17, 15) is 0 Å². The Labute approximate surface area is 128 Å². The van der Waals surface area contributed by atoms with Crippen molar-refractivity contribution in [3.63, 3.8) is 0 Å². The van der Waals surface area contributed by atoms with Gasteiger partial charge in [0.25, 0.3) is 0 Å². The van der Waals surface area contributed by atoms with Crippen LogP contribution in [0.4, 0.5) is 0 Å². The lowest BCUT2D eigenvalue weighted by Gasteiger charge is -2.24. The van der Waals surface area contributed by atoms with E-state index in [4.69, 9.17) is 10.5 Å². The smallest absolute Gasteiger partial charge is 0.127 e. The number of nitrogens with two attached hydrogens (primary N) is 1. The molecule has 0 radical (unpaired) electrons. The van der Waals surface area contributed by atoms with Crippen molar-refractivity contribution >= 4 is 15.9 Å². The average molecular weight is 332 g/mol. The van der Waals surface area contributed by atoms with Gasteiger partial charge < -0.3 is 10.5 Å². The van der Waals surface area contributed by atoms with Gasteiger partial charge in [-0.1, -0.05) is 40.2 Å². The summed E-state index contributed by atoms with van der Waals surface area (Å²) in [6.07, 6.45) is 2.16. The number of ether oxygens (including phenoxy) is 1. The number of halogens is 1. The van der Waals surface area contributed by atoms with E-state index >= 15 is 0 Å². The Kier molecular flexibility index (Phi) is 3.81. The Balaban J connectivity index is 2.04. The summed E-state index contributed by atoms with van der Waals surface area (Å²) in [6.45, 7) is 2.88.